The third-order valence-electron chi connectivity index (χ3n) is 3.99. The zero-order valence-electron chi connectivity index (χ0n) is 15.3. The largest absolute Gasteiger partial charge is 0.573 e. The third-order valence-corrected chi connectivity index (χ3v) is 4.57. The summed E-state index contributed by atoms with van der Waals surface area (Å²) in [6, 6.07) is 9.77. The Kier molecular flexibility index (Phi) is 5.83. The first-order valence-electron chi connectivity index (χ1n) is 8.35. The average molecular weight is 469 g/mol. The van der Waals surface area contributed by atoms with E-state index >= 15 is 0 Å². The molecular weight excluding hydrogens is 453 g/mol. The molecule has 0 aliphatic rings. The van der Waals surface area contributed by atoms with Gasteiger partial charge in [-0.2, -0.15) is 5.10 Å². The summed E-state index contributed by atoms with van der Waals surface area (Å²) in [6.45, 7) is 1.95. The summed E-state index contributed by atoms with van der Waals surface area (Å²) in [5.41, 5.74) is 3.63. The molecule has 29 heavy (non-hydrogen) atoms. The molecule has 0 aliphatic heterocycles. The van der Waals surface area contributed by atoms with E-state index in [4.69, 9.17) is 0 Å². The van der Waals surface area contributed by atoms with Gasteiger partial charge in [-0.25, -0.2) is 4.79 Å². The number of aromatic nitrogens is 2. The number of carbonyl (C=O) groups excluding carboxylic acids is 1. The maximum absolute atomic E-state index is 12.3. The highest BCUT2D eigenvalue weighted by atomic mass is 79.9. The van der Waals surface area contributed by atoms with Crippen LogP contribution in [0.3, 0.4) is 0 Å². The number of benzene rings is 2. The SMILES string of the molecule is Cc1ccc(NC(=O)Nc2ccc(OC(F)(F)F)cc2)cc1-c1c(Br)cnn1C. The number of urea groups is 1. The number of aryl methyl sites for hydroxylation is 2. The number of carbonyl (C=O) groups is 1. The number of ether oxygens (including phenoxy) is 1. The third kappa shape index (κ3) is 5.29. The lowest BCUT2D eigenvalue weighted by molar-refractivity contribution is -0.274. The first-order valence-corrected chi connectivity index (χ1v) is 9.14. The van der Waals surface area contributed by atoms with Gasteiger partial charge in [0.25, 0.3) is 0 Å². The minimum atomic E-state index is -4.77. The van der Waals surface area contributed by atoms with E-state index in [1.165, 1.54) is 12.1 Å². The van der Waals surface area contributed by atoms with Crippen LogP contribution in [0.25, 0.3) is 11.3 Å². The molecule has 3 rings (SSSR count). The van der Waals surface area contributed by atoms with E-state index in [9.17, 15) is 18.0 Å². The van der Waals surface area contributed by atoms with Crippen LogP contribution >= 0.6 is 15.9 Å². The van der Waals surface area contributed by atoms with Gasteiger partial charge in [-0.05, 0) is 64.8 Å². The van der Waals surface area contributed by atoms with Crippen LogP contribution in [0, 0.1) is 6.92 Å². The van der Waals surface area contributed by atoms with E-state index in [1.807, 2.05) is 26.1 Å². The lowest BCUT2D eigenvalue weighted by atomic mass is 10.0. The van der Waals surface area contributed by atoms with E-state index in [0.29, 0.717) is 11.4 Å². The van der Waals surface area contributed by atoms with Crippen molar-refractivity contribution in [3.8, 4) is 17.0 Å². The molecule has 6 nitrogen and oxygen atoms in total. The first kappa shape index (κ1) is 20.7. The number of hydrogen-bond donors (Lipinski definition) is 2. The van der Waals surface area contributed by atoms with Crippen molar-refractivity contribution in [1.29, 1.82) is 0 Å². The number of amides is 2. The Bertz CT molecular complexity index is 1010. The molecule has 0 aliphatic carbocycles. The van der Waals surface area contributed by atoms with Gasteiger partial charge in [0.2, 0.25) is 0 Å². The first-order chi connectivity index (χ1) is 13.6. The molecule has 0 fully saturated rings. The molecule has 0 spiro atoms. The summed E-state index contributed by atoms with van der Waals surface area (Å²) in [7, 11) is 1.82. The summed E-state index contributed by atoms with van der Waals surface area (Å²) < 4.78 is 42.9. The molecule has 2 aromatic carbocycles. The number of nitrogens with one attached hydrogen (secondary N) is 2. The van der Waals surface area contributed by atoms with Gasteiger partial charge in [-0.3, -0.25) is 4.68 Å². The van der Waals surface area contributed by atoms with Crippen LogP contribution in [0.4, 0.5) is 29.3 Å². The molecule has 0 saturated heterocycles. The quantitative estimate of drug-likeness (QED) is 0.515. The van der Waals surface area contributed by atoms with Crippen molar-refractivity contribution in [2.24, 2.45) is 7.05 Å². The van der Waals surface area contributed by atoms with Crippen molar-refractivity contribution in [2.75, 3.05) is 10.6 Å². The van der Waals surface area contributed by atoms with Crippen molar-refractivity contribution in [3.05, 3.63) is 58.7 Å². The van der Waals surface area contributed by atoms with Crippen LogP contribution in [0.5, 0.6) is 5.75 Å². The van der Waals surface area contributed by atoms with Gasteiger partial charge in [0.05, 0.1) is 16.4 Å². The molecule has 3 aromatic rings. The van der Waals surface area contributed by atoms with Crippen LogP contribution in [0.2, 0.25) is 0 Å². The van der Waals surface area contributed by atoms with Gasteiger partial charge in [0.15, 0.2) is 0 Å². The fourth-order valence-electron chi connectivity index (χ4n) is 2.70. The molecule has 2 amide bonds. The predicted octanol–water partition coefficient (Wildman–Crippen LogP) is 5.70. The van der Waals surface area contributed by atoms with E-state index in [1.54, 1.807) is 16.9 Å². The standard InChI is InChI=1S/C19H16BrF3N4O2/c1-11-3-4-13(9-15(11)17-16(20)10-24-27(17)2)26-18(28)25-12-5-7-14(8-6-12)29-19(21,22)23/h3-10H,1-2H3,(H2,25,26,28). The molecule has 0 atom stereocenters. The fraction of sp³-hybridized carbons (Fsp3) is 0.158. The number of halogens is 4. The number of anilines is 2. The van der Waals surface area contributed by atoms with Crippen molar-refractivity contribution in [1.82, 2.24) is 9.78 Å². The summed E-state index contributed by atoms with van der Waals surface area (Å²) in [5, 5.41) is 9.46. The molecule has 0 radical (unpaired) electrons. The van der Waals surface area contributed by atoms with Gasteiger partial charge in [0.1, 0.15) is 5.75 Å². The van der Waals surface area contributed by atoms with E-state index in [0.717, 1.165) is 33.4 Å². The maximum Gasteiger partial charge on any atom is 0.573 e. The van der Waals surface area contributed by atoms with Crippen molar-refractivity contribution < 1.29 is 22.7 Å². The zero-order valence-corrected chi connectivity index (χ0v) is 16.9. The Morgan fingerprint density at radius 3 is 2.31 bits per heavy atom. The lowest BCUT2D eigenvalue weighted by Crippen LogP contribution is -2.20. The lowest BCUT2D eigenvalue weighted by Gasteiger charge is -2.13. The van der Waals surface area contributed by atoms with Gasteiger partial charge >= 0.3 is 12.4 Å². The molecule has 0 unspecified atom stereocenters. The maximum atomic E-state index is 12.3. The minimum Gasteiger partial charge on any atom is -0.406 e. The van der Waals surface area contributed by atoms with Crippen LogP contribution in [-0.4, -0.2) is 22.2 Å². The topological polar surface area (TPSA) is 68.2 Å². The number of hydrogen-bond acceptors (Lipinski definition) is 3. The molecule has 1 heterocycles. The smallest absolute Gasteiger partial charge is 0.406 e. The summed E-state index contributed by atoms with van der Waals surface area (Å²) in [5.74, 6) is -0.367. The molecule has 0 saturated carbocycles. The second-order valence-corrected chi connectivity index (χ2v) is 7.00. The Hall–Kier alpha value is -3.01. The Morgan fingerprint density at radius 2 is 1.72 bits per heavy atom. The Labute approximate surface area is 172 Å². The Morgan fingerprint density at radius 1 is 1.10 bits per heavy atom. The summed E-state index contributed by atoms with van der Waals surface area (Å²) in [6.07, 6.45) is -3.08. The van der Waals surface area contributed by atoms with Crippen LogP contribution < -0.4 is 15.4 Å². The van der Waals surface area contributed by atoms with Gasteiger partial charge in [-0.15, -0.1) is 13.2 Å². The van der Waals surface area contributed by atoms with E-state index in [-0.39, 0.29) is 5.75 Å². The minimum absolute atomic E-state index is 0.318. The van der Waals surface area contributed by atoms with Crippen molar-refractivity contribution in [3.63, 3.8) is 0 Å². The van der Waals surface area contributed by atoms with Crippen molar-refractivity contribution in [2.45, 2.75) is 13.3 Å². The van der Waals surface area contributed by atoms with E-state index < -0.39 is 12.4 Å². The molecule has 2 N–H and O–H groups in total. The van der Waals surface area contributed by atoms with E-state index in [2.05, 4.69) is 36.4 Å². The molecule has 1 aromatic heterocycles. The highest BCUT2D eigenvalue weighted by Gasteiger charge is 2.30. The highest BCUT2D eigenvalue weighted by Crippen LogP contribution is 2.32. The number of nitrogens with zero attached hydrogens (tertiary/aromatic N) is 2. The summed E-state index contributed by atoms with van der Waals surface area (Å²) in [4.78, 5) is 12.3. The van der Waals surface area contributed by atoms with Crippen LogP contribution in [0.1, 0.15) is 5.56 Å². The fourth-order valence-corrected chi connectivity index (χ4v) is 3.26. The molecule has 10 heteroatoms. The highest BCUT2D eigenvalue weighted by molar-refractivity contribution is 9.10. The number of alkyl halides is 3. The average Bonchev–Trinajstić information content (AvgIpc) is 2.96. The van der Waals surface area contributed by atoms with Gasteiger partial charge in [-0.1, -0.05) is 6.07 Å². The molecule has 0 bridgehead atoms. The molecular formula is C19H16BrF3N4O2. The van der Waals surface area contributed by atoms with Crippen LogP contribution in [-0.2, 0) is 7.05 Å². The van der Waals surface area contributed by atoms with Gasteiger partial charge in [0, 0.05) is 24.0 Å². The van der Waals surface area contributed by atoms with Crippen LogP contribution in [0.15, 0.2) is 53.1 Å². The Balaban J connectivity index is 1.71. The van der Waals surface area contributed by atoms with Crippen molar-refractivity contribution >= 4 is 33.3 Å². The second kappa shape index (κ2) is 8.16. The second-order valence-electron chi connectivity index (χ2n) is 6.15. The normalized spacial score (nSPS) is 11.2. The monoisotopic (exact) mass is 468 g/mol. The molecule has 152 valence electrons. The summed E-state index contributed by atoms with van der Waals surface area (Å²) >= 11 is 3.47. The predicted molar refractivity (Wildman–Crippen MR) is 107 cm³/mol. The zero-order chi connectivity index (χ0) is 21.2. The number of rotatable bonds is 4. The van der Waals surface area contributed by atoms with Gasteiger partial charge < -0.3 is 15.4 Å².